The number of hydrogen-bond acceptors (Lipinski definition) is 2. The summed E-state index contributed by atoms with van der Waals surface area (Å²) >= 11 is 1.89. The van der Waals surface area contributed by atoms with Crippen molar-refractivity contribution >= 4 is 16.8 Å². The van der Waals surface area contributed by atoms with Crippen LogP contribution in [0.2, 0.25) is 0 Å². The van der Waals surface area contributed by atoms with Gasteiger partial charge in [0.1, 0.15) is 12.8 Å². The van der Waals surface area contributed by atoms with Gasteiger partial charge in [0.25, 0.3) is 0 Å². The Morgan fingerprint density at radius 2 is 2.00 bits per heavy atom. The topological polar surface area (TPSA) is 23.2 Å². The lowest BCUT2D eigenvalue weighted by Gasteiger charge is -1.97. The van der Waals surface area contributed by atoms with Crippen LogP contribution in [0.25, 0.3) is 0 Å². The first-order chi connectivity index (χ1) is 6.66. The zero-order chi connectivity index (χ0) is 10.1. The molecule has 1 aliphatic rings. The Kier molecular flexibility index (Phi) is 2.50. The van der Waals surface area contributed by atoms with E-state index in [0.29, 0.717) is 11.0 Å². The van der Waals surface area contributed by atoms with Gasteiger partial charge in [0.05, 0.1) is 10.8 Å². The first-order valence-electron chi connectivity index (χ1n) is 4.71. The molecule has 0 amide bonds. The summed E-state index contributed by atoms with van der Waals surface area (Å²) in [6, 6.07) is 7.40. The lowest BCUT2D eigenvalue weighted by molar-refractivity contribution is -0.489. The molecule has 1 aromatic carbocycles. The molecule has 3 heteroatoms. The second kappa shape index (κ2) is 3.65. The molecule has 0 radical (unpaired) electrons. The first kappa shape index (κ1) is 9.59. The highest BCUT2D eigenvalue weighted by Crippen LogP contribution is 2.25. The van der Waals surface area contributed by atoms with E-state index in [9.17, 15) is 5.11 Å². The van der Waals surface area contributed by atoms with Gasteiger partial charge in [-0.1, -0.05) is 0 Å². The van der Waals surface area contributed by atoms with E-state index in [1.807, 2.05) is 23.9 Å². The van der Waals surface area contributed by atoms with Gasteiger partial charge in [0, 0.05) is 0 Å². The van der Waals surface area contributed by atoms with Crippen LogP contribution >= 0.6 is 11.8 Å². The molecule has 14 heavy (non-hydrogen) atoms. The minimum atomic E-state index is 0.327. The van der Waals surface area contributed by atoms with Crippen molar-refractivity contribution in [1.82, 2.24) is 0 Å². The number of phenolic OH excluding ortho intramolecular Hbond substituents is 1. The Morgan fingerprint density at radius 3 is 2.50 bits per heavy atom. The van der Waals surface area contributed by atoms with Crippen molar-refractivity contribution < 1.29 is 9.68 Å². The van der Waals surface area contributed by atoms with Crippen molar-refractivity contribution in [3.8, 4) is 5.75 Å². The highest BCUT2D eigenvalue weighted by atomic mass is 32.2. The number of nitrogens with zero attached hydrogens (tertiary/aromatic N) is 1. The van der Waals surface area contributed by atoms with E-state index >= 15 is 0 Å². The standard InChI is InChI=1S/C11H13NOS/c1-8-7-12(2)11(14-8)9-3-5-10(13)6-4-9/h3-6,8H,7H2,1-2H3/p+1. The third-order valence-electron chi connectivity index (χ3n) is 2.30. The number of phenols is 1. The molecule has 0 bridgehead atoms. The largest absolute Gasteiger partial charge is 0.508 e. The summed E-state index contributed by atoms with van der Waals surface area (Å²) in [6.07, 6.45) is 0. The summed E-state index contributed by atoms with van der Waals surface area (Å²) in [4.78, 5) is 0. The SMILES string of the molecule is CC1C[N+](C)=C(c2ccc(O)cc2)S1. The summed E-state index contributed by atoms with van der Waals surface area (Å²) in [5.41, 5.74) is 1.19. The summed E-state index contributed by atoms with van der Waals surface area (Å²) in [5.74, 6) is 0.327. The third kappa shape index (κ3) is 1.77. The fraction of sp³-hybridized carbons (Fsp3) is 0.364. The molecule has 1 unspecified atom stereocenters. The van der Waals surface area contributed by atoms with Crippen molar-refractivity contribution in [2.24, 2.45) is 0 Å². The molecule has 1 aliphatic heterocycles. The van der Waals surface area contributed by atoms with Gasteiger partial charge in [0.15, 0.2) is 6.54 Å². The van der Waals surface area contributed by atoms with Gasteiger partial charge in [-0.15, -0.1) is 0 Å². The highest BCUT2D eigenvalue weighted by molar-refractivity contribution is 8.14. The van der Waals surface area contributed by atoms with Crippen LogP contribution in [-0.4, -0.2) is 33.6 Å². The molecule has 2 nitrogen and oxygen atoms in total. The molecule has 1 aromatic rings. The normalized spacial score (nSPS) is 21.7. The van der Waals surface area contributed by atoms with Crippen molar-refractivity contribution in [3.63, 3.8) is 0 Å². The maximum absolute atomic E-state index is 9.19. The monoisotopic (exact) mass is 208 g/mol. The molecule has 1 atom stereocenters. The van der Waals surface area contributed by atoms with Crippen LogP contribution in [-0.2, 0) is 0 Å². The predicted octanol–water partition coefficient (Wildman–Crippen LogP) is 1.92. The average molecular weight is 208 g/mol. The van der Waals surface area contributed by atoms with Crippen LogP contribution in [0.15, 0.2) is 24.3 Å². The fourth-order valence-electron chi connectivity index (χ4n) is 1.68. The van der Waals surface area contributed by atoms with Crippen LogP contribution in [0.4, 0.5) is 0 Å². The van der Waals surface area contributed by atoms with Crippen LogP contribution in [0.1, 0.15) is 12.5 Å². The Morgan fingerprint density at radius 1 is 1.36 bits per heavy atom. The number of aromatic hydroxyl groups is 1. The van der Waals surface area contributed by atoms with E-state index in [2.05, 4.69) is 18.5 Å². The molecular formula is C11H14NOS+. The van der Waals surface area contributed by atoms with Crippen LogP contribution in [0.5, 0.6) is 5.75 Å². The molecule has 0 saturated heterocycles. The maximum Gasteiger partial charge on any atom is 0.242 e. The van der Waals surface area contributed by atoms with E-state index < -0.39 is 0 Å². The first-order valence-corrected chi connectivity index (χ1v) is 5.59. The van der Waals surface area contributed by atoms with Gasteiger partial charge in [-0.3, -0.25) is 0 Å². The molecule has 1 N–H and O–H groups in total. The highest BCUT2D eigenvalue weighted by Gasteiger charge is 2.27. The predicted molar refractivity (Wildman–Crippen MR) is 60.3 cm³/mol. The summed E-state index contributed by atoms with van der Waals surface area (Å²) in [7, 11) is 2.11. The zero-order valence-electron chi connectivity index (χ0n) is 8.40. The number of benzene rings is 1. The minimum Gasteiger partial charge on any atom is -0.508 e. The van der Waals surface area contributed by atoms with Crippen molar-refractivity contribution in [2.75, 3.05) is 13.6 Å². The zero-order valence-corrected chi connectivity index (χ0v) is 9.21. The number of rotatable bonds is 1. The number of hydrogen-bond donors (Lipinski definition) is 1. The Hall–Kier alpha value is -0.960. The van der Waals surface area contributed by atoms with Crippen molar-refractivity contribution in [1.29, 1.82) is 0 Å². The molecule has 0 aromatic heterocycles. The summed E-state index contributed by atoms with van der Waals surface area (Å²) < 4.78 is 2.27. The van der Waals surface area contributed by atoms with Crippen molar-refractivity contribution in [3.05, 3.63) is 29.8 Å². The lowest BCUT2D eigenvalue weighted by atomic mass is 10.2. The average Bonchev–Trinajstić information content (AvgIpc) is 2.47. The van der Waals surface area contributed by atoms with Gasteiger partial charge < -0.3 is 5.11 Å². The third-order valence-corrected chi connectivity index (χ3v) is 3.63. The van der Waals surface area contributed by atoms with Crippen LogP contribution in [0.3, 0.4) is 0 Å². The maximum atomic E-state index is 9.19. The van der Waals surface area contributed by atoms with E-state index in [-0.39, 0.29) is 0 Å². The Balaban J connectivity index is 2.32. The van der Waals surface area contributed by atoms with Crippen LogP contribution < -0.4 is 0 Å². The van der Waals surface area contributed by atoms with Crippen molar-refractivity contribution in [2.45, 2.75) is 12.2 Å². The minimum absolute atomic E-state index is 0.327. The van der Waals surface area contributed by atoms with Gasteiger partial charge in [-0.25, -0.2) is 4.58 Å². The van der Waals surface area contributed by atoms with Gasteiger partial charge >= 0.3 is 0 Å². The molecule has 0 aliphatic carbocycles. The van der Waals surface area contributed by atoms with Crippen LogP contribution in [0, 0.1) is 0 Å². The molecule has 0 saturated carbocycles. The van der Waals surface area contributed by atoms with E-state index in [1.54, 1.807) is 12.1 Å². The quantitative estimate of drug-likeness (QED) is 0.713. The van der Waals surface area contributed by atoms with Gasteiger partial charge in [0.2, 0.25) is 5.04 Å². The van der Waals surface area contributed by atoms with Gasteiger partial charge in [-0.2, -0.15) is 0 Å². The van der Waals surface area contributed by atoms with E-state index in [0.717, 1.165) is 6.54 Å². The summed E-state index contributed by atoms with van der Waals surface area (Å²) in [6.45, 7) is 3.33. The molecular weight excluding hydrogens is 194 g/mol. The fourth-order valence-corrected chi connectivity index (χ4v) is 2.88. The second-order valence-electron chi connectivity index (χ2n) is 3.66. The Labute approximate surface area is 88.3 Å². The smallest absolute Gasteiger partial charge is 0.242 e. The molecule has 0 fully saturated rings. The second-order valence-corrected chi connectivity index (χ2v) is 5.09. The molecule has 74 valence electrons. The molecule has 1 heterocycles. The lowest BCUT2D eigenvalue weighted by Crippen LogP contribution is -2.11. The van der Waals surface area contributed by atoms with Gasteiger partial charge in [-0.05, 0) is 43.0 Å². The molecule has 2 rings (SSSR count). The number of thioether (sulfide) groups is 1. The Bertz CT molecular complexity index is 369. The van der Waals surface area contributed by atoms with E-state index in [4.69, 9.17) is 0 Å². The summed E-state index contributed by atoms with van der Waals surface area (Å²) in [5, 5.41) is 11.1. The molecule has 0 spiro atoms. The van der Waals surface area contributed by atoms with E-state index in [1.165, 1.54) is 10.6 Å².